The van der Waals surface area contributed by atoms with Gasteiger partial charge in [-0.05, 0) is 55.8 Å². The maximum absolute atomic E-state index is 5.25. The Morgan fingerprint density at radius 3 is 2.74 bits per heavy atom. The van der Waals surface area contributed by atoms with Crippen LogP contribution in [-0.2, 0) is 13.6 Å². The van der Waals surface area contributed by atoms with Crippen molar-refractivity contribution < 1.29 is 4.74 Å². The van der Waals surface area contributed by atoms with Crippen LogP contribution < -0.4 is 4.74 Å². The van der Waals surface area contributed by atoms with Crippen LogP contribution in [0.3, 0.4) is 0 Å². The minimum atomic E-state index is 0.470. The van der Waals surface area contributed by atoms with Gasteiger partial charge in [-0.15, -0.1) is 0 Å². The van der Waals surface area contributed by atoms with E-state index in [9.17, 15) is 0 Å². The number of methoxy groups -OCH3 is 1. The molecule has 1 unspecified atom stereocenters. The van der Waals surface area contributed by atoms with E-state index in [0.29, 0.717) is 5.92 Å². The fourth-order valence-corrected chi connectivity index (χ4v) is 3.79. The smallest absolute Gasteiger partial charge is 0.122 e. The summed E-state index contributed by atoms with van der Waals surface area (Å²) < 4.78 is 7.36. The van der Waals surface area contributed by atoms with Crippen molar-refractivity contribution in [3.8, 4) is 17.0 Å². The average Bonchev–Trinajstić information content (AvgIpc) is 3.13. The van der Waals surface area contributed by atoms with Gasteiger partial charge in [0.2, 0.25) is 0 Å². The highest BCUT2D eigenvalue weighted by molar-refractivity contribution is 5.60. The van der Waals surface area contributed by atoms with Gasteiger partial charge in [-0.3, -0.25) is 9.88 Å². The van der Waals surface area contributed by atoms with E-state index in [4.69, 9.17) is 9.72 Å². The van der Waals surface area contributed by atoms with Crippen LogP contribution >= 0.6 is 0 Å². The van der Waals surface area contributed by atoms with Gasteiger partial charge >= 0.3 is 0 Å². The standard InChI is InChI=1S/C22H26N4O/c1-25-14-12-23-22(25)16-26-13-4-5-18(15-26)21-7-3-6-20(24-21)17-8-10-19(27-2)11-9-17/h3,6-12,14,18H,4-5,13,15-16H2,1-2H3. The Labute approximate surface area is 160 Å². The van der Waals surface area contributed by atoms with Crippen molar-refractivity contribution in [2.75, 3.05) is 20.2 Å². The molecule has 1 aromatic carbocycles. The molecule has 0 radical (unpaired) electrons. The summed E-state index contributed by atoms with van der Waals surface area (Å²) in [6.07, 6.45) is 6.27. The molecule has 1 saturated heterocycles. The van der Waals surface area contributed by atoms with Gasteiger partial charge in [-0.1, -0.05) is 6.07 Å². The van der Waals surface area contributed by atoms with E-state index in [1.807, 2.05) is 24.5 Å². The zero-order valence-electron chi connectivity index (χ0n) is 16.0. The van der Waals surface area contributed by atoms with Crippen molar-refractivity contribution in [3.05, 3.63) is 66.4 Å². The maximum Gasteiger partial charge on any atom is 0.122 e. The zero-order chi connectivity index (χ0) is 18.6. The molecule has 1 aliphatic rings. The van der Waals surface area contributed by atoms with Crippen LogP contribution in [0.1, 0.15) is 30.3 Å². The number of aromatic nitrogens is 3. The second-order valence-electron chi connectivity index (χ2n) is 7.20. The Bertz CT molecular complexity index is 887. The molecule has 1 atom stereocenters. The van der Waals surface area contributed by atoms with Crippen LogP contribution in [0.25, 0.3) is 11.3 Å². The molecule has 1 fully saturated rings. The Morgan fingerprint density at radius 2 is 2.00 bits per heavy atom. The molecule has 0 bridgehead atoms. The molecular weight excluding hydrogens is 336 g/mol. The van der Waals surface area contributed by atoms with Crippen LogP contribution in [0, 0.1) is 0 Å². The second-order valence-corrected chi connectivity index (χ2v) is 7.20. The monoisotopic (exact) mass is 362 g/mol. The van der Waals surface area contributed by atoms with Gasteiger partial charge in [0.05, 0.1) is 19.3 Å². The molecule has 2 aromatic heterocycles. The number of piperidine rings is 1. The number of hydrogen-bond acceptors (Lipinski definition) is 4. The molecular formula is C22H26N4O. The van der Waals surface area contributed by atoms with Crippen LogP contribution in [0.4, 0.5) is 0 Å². The van der Waals surface area contributed by atoms with Crippen molar-refractivity contribution >= 4 is 0 Å². The largest absolute Gasteiger partial charge is 0.497 e. The van der Waals surface area contributed by atoms with Gasteiger partial charge in [0.1, 0.15) is 11.6 Å². The predicted molar refractivity (Wildman–Crippen MR) is 107 cm³/mol. The third-order valence-electron chi connectivity index (χ3n) is 5.37. The molecule has 27 heavy (non-hydrogen) atoms. The molecule has 0 N–H and O–H groups in total. The lowest BCUT2D eigenvalue weighted by molar-refractivity contribution is 0.192. The molecule has 1 aliphatic heterocycles. The lowest BCUT2D eigenvalue weighted by Crippen LogP contribution is -2.34. The first-order chi connectivity index (χ1) is 13.2. The number of ether oxygens (including phenoxy) is 1. The molecule has 140 valence electrons. The van der Waals surface area contributed by atoms with Crippen LogP contribution in [0.5, 0.6) is 5.75 Å². The Kier molecular flexibility index (Phi) is 5.21. The Hall–Kier alpha value is -2.66. The molecule has 0 amide bonds. The summed E-state index contributed by atoms with van der Waals surface area (Å²) in [4.78, 5) is 12.0. The van der Waals surface area contributed by atoms with Crippen LogP contribution in [0.15, 0.2) is 54.9 Å². The van der Waals surface area contributed by atoms with Crippen molar-refractivity contribution in [2.45, 2.75) is 25.3 Å². The van der Waals surface area contributed by atoms with Crippen molar-refractivity contribution in [2.24, 2.45) is 7.05 Å². The molecule has 0 spiro atoms. The van der Waals surface area contributed by atoms with Crippen molar-refractivity contribution in [1.29, 1.82) is 0 Å². The molecule has 0 aliphatic carbocycles. The highest BCUT2D eigenvalue weighted by Crippen LogP contribution is 2.28. The van der Waals surface area contributed by atoms with Crippen molar-refractivity contribution in [3.63, 3.8) is 0 Å². The minimum absolute atomic E-state index is 0.470. The van der Waals surface area contributed by atoms with E-state index in [2.05, 4.69) is 51.8 Å². The molecule has 3 heterocycles. The van der Waals surface area contributed by atoms with E-state index < -0.39 is 0 Å². The number of imidazole rings is 1. The van der Waals surface area contributed by atoms with Gasteiger partial charge in [-0.2, -0.15) is 0 Å². The molecule has 0 saturated carbocycles. The molecule has 4 rings (SSSR count). The Balaban J connectivity index is 1.49. The summed E-state index contributed by atoms with van der Waals surface area (Å²) in [5.74, 6) is 2.46. The molecule has 5 nitrogen and oxygen atoms in total. The van der Waals surface area contributed by atoms with E-state index in [1.165, 1.54) is 18.5 Å². The summed E-state index contributed by atoms with van der Waals surface area (Å²) in [6, 6.07) is 14.5. The van der Waals surface area contributed by atoms with E-state index in [0.717, 1.165) is 42.5 Å². The lowest BCUT2D eigenvalue weighted by Gasteiger charge is -2.32. The number of likely N-dealkylation sites (tertiary alicyclic amines) is 1. The number of benzene rings is 1. The molecule has 3 aromatic rings. The summed E-state index contributed by atoms with van der Waals surface area (Å²) in [7, 11) is 3.75. The van der Waals surface area contributed by atoms with Crippen molar-refractivity contribution in [1.82, 2.24) is 19.4 Å². The third-order valence-corrected chi connectivity index (χ3v) is 5.37. The number of nitrogens with zero attached hydrogens (tertiary/aromatic N) is 4. The highest BCUT2D eigenvalue weighted by Gasteiger charge is 2.23. The zero-order valence-corrected chi connectivity index (χ0v) is 16.0. The first-order valence-corrected chi connectivity index (χ1v) is 9.53. The van der Waals surface area contributed by atoms with E-state index in [1.54, 1.807) is 7.11 Å². The maximum atomic E-state index is 5.25. The van der Waals surface area contributed by atoms with E-state index >= 15 is 0 Å². The first kappa shape index (κ1) is 17.7. The molecule has 5 heteroatoms. The van der Waals surface area contributed by atoms with Gasteiger partial charge in [0, 0.05) is 43.2 Å². The SMILES string of the molecule is COc1ccc(-c2cccc(C3CCCN(Cc4nccn4C)C3)n2)cc1. The van der Waals surface area contributed by atoms with E-state index in [-0.39, 0.29) is 0 Å². The fourth-order valence-electron chi connectivity index (χ4n) is 3.79. The first-order valence-electron chi connectivity index (χ1n) is 9.53. The van der Waals surface area contributed by atoms with Crippen LogP contribution in [-0.4, -0.2) is 39.6 Å². The Morgan fingerprint density at radius 1 is 1.15 bits per heavy atom. The summed E-state index contributed by atoms with van der Waals surface area (Å²) in [5.41, 5.74) is 3.34. The summed E-state index contributed by atoms with van der Waals surface area (Å²) in [5, 5.41) is 0. The van der Waals surface area contributed by atoms with Gasteiger partial charge in [0.15, 0.2) is 0 Å². The topological polar surface area (TPSA) is 43.2 Å². The number of aryl methyl sites for hydroxylation is 1. The summed E-state index contributed by atoms with van der Waals surface area (Å²) in [6.45, 7) is 3.06. The fraction of sp³-hybridized carbons (Fsp3) is 0.364. The van der Waals surface area contributed by atoms with Gasteiger partial charge in [-0.25, -0.2) is 4.98 Å². The highest BCUT2D eigenvalue weighted by atomic mass is 16.5. The normalized spacial score (nSPS) is 17.8. The quantitative estimate of drug-likeness (QED) is 0.691. The minimum Gasteiger partial charge on any atom is -0.497 e. The predicted octanol–water partition coefficient (Wildman–Crippen LogP) is 3.87. The number of hydrogen-bond donors (Lipinski definition) is 0. The number of rotatable bonds is 5. The van der Waals surface area contributed by atoms with Crippen LogP contribution in [0.2, 0.25) is 0 Å². The van der Waals surface area contributed by atoms with Gasteiger partial charge < -0.3 is 9.30 Å². The third kappa shape index (κ3) is 4.03. The number of pyridine rings is 1. The van der Waals surface area contributed by atoms with Gasteiger partial charge in [0.25, 0.3) is 0 Å². The second kappa shape index (κ2) is 7.92. The summed E-state index contributed by atoms with van der Waals surface area (Å²) >= 11 is 0. The lowest BCUT2D eigenvalue weighted by atomic mass is 9.94. The average molecular weight is 362 g/mol.